The molecule has 6 nitrogen and oxygen atoms in total. The molecule has 0 amide bonds. The second kappa shape index (κ2) is 4.79. The maximum Gasteiger partial charge on any atom is 0.359 e. The summed E-state index contributed by atoms with van der Waals surface area (Å²) in [6, 6.07) is 6.55. The summed E-state index contributed by atoms with van der Waals surface area (Å²) >= 11 is 0. The molecule has 92 valence electrons. The first-order valence-electron chi connectivity index (χ1n) is 5.23. The zero-order valence-electron chi connectivity index (χ0n) is 9.60. The molecule has 0 saturated heterocycles. The van der Waals surface area contributed by atoms with Crippen molar-refractivity contribution in [1.29, 1.82) is 0 Å². The fourth-order valence-electron chi connectivity index (χ4n) is 1.51. The van der Waals surface area contributed by atoms with Crippen molar-refractivity contribution in [2.24, 2.45) is 0 Å². The third kappa shape index (κ3) is 2.27. The fraction of sp³-hybridized carbons (Fsp3) is 0.167. The lowest BCUT2D eigenvalue weighted by molar-refractivity contribution is -0.120. The van der Waals surface area contributed by atoms with Gasteiger partial charge in [0.05, 0.1) is 5.39 Å². The molecule has 2 aromatic rings. The number of hydrogen-bond donors (Lipinski definition) is 1. The van der Waals surface area contributed by atoms with Crippen molar-refractivity contribution in [3.8, 4) is 0 Å². The monoisotopic (exact) mass is 246 g/mol. The lowest BCUT2D eigenvalue weighted by Gasteiger charge is -2.04. The molecule has 0 saturated carbocycles. The first kappa shape index (κ1) is 12.0. The third-order valence-electron chi connectivity index (χ3n) is 2.30. The first-order chi connectivity index (χ1) is 8.59. The van der Waals surface area contributed by atoms with Gasteiger partial charge in [0.15, 0.2) is 11.5 Å². The van der Waals surface area contributed by atoms with Crippen molar-refractivity contribution in [1.82, 2.24) is 10.2 Å². The molecule has 18 heavy (non-hydrogen) atoms. The minimum absolute atomic E-state index is 0.00792. The number of hydrogen-bond acceptors (Lipinski definition) is 5. The Morgan fingerprint density at radius 1 is 1.28 bits per heavy atom. The molecule has 0 aliphatic carbocycles. The summed E-state index contributed by atoms with van der Waals surface area (Å²) in [7, 11) is 0. The molecule has 0 fully saturated rings. The van der Waals surface area contributed by atoms with Crippen molar-refractivity contribution < 1.29 is 14.3 Å². The van der Waals surface area contributed by atoms with Gasteiger partial charge in [-0.2, -0.15) is 5.10 Å². The summed E-state index contributed by atoms with van der Waals surface area (Å²) in [5.74, 6) is -1.00. The largest absolute Gasteiger partial charge is 0.453 e. The van der Waals surface area contributed by atoms with Crippen LogP contribution in [0.4, 0.5) is 0 Å². The Bertz CT molecular complexity index is 675. The van der Waals surface area contributed by atoms with Crippen molar-refractivity contribution >= 4 is 22.5 Å². The number of aromatic nitrogens is 2. The van der Waals surface area contributed by atoms with Gasteiger partial charge in [0.1, 0.15) is 6.61 Å². The number of ether oxygens (including phenoxy) is 1. The van der Waals surface area contributed by atoms with Crippen LogP contribution >= 0.6 is 0 Å². The highest BCUT2D eigenvalue weighted by Crippen LogP contribution is 2.13. The first-order valence-corrected chi connectivity index (χ1v) is 5.23. The Morgan fingerprint density at radius 3 is 2.61 bits per heavy atom. The van der Waals surface area contributed by atoms with Crippen LogP contribution in [0.25, 0.3) is 10.8 Å². The highest BCUT2D eigenvalue weighted by Gasteiger charge is 2.15. The average Bonchev–Trinajstić information content (AvgIpc) is 2.37. The summed E-state index contributed by atoms with van der Waals surface area (Å²) < 4.78 is 4.76. The number of esters is 1. The maximum atomic E-state index is 11.7. The van der Waals surface area contributed by atoms with E-state index in [1.165, 1.54) is 6.92 Å². The molecule has 1 aromatic heterocycles. The van der Waals surface area contributed by atoms with Gasteiger partial charge in [-0.3, -0.25) is 9.59 Å². The minimum Gasteiger partial charge on any atom is -0.453 e. The predicted molar refractivity (Wildman–Crippen MR) is 63.3 cm³/mol. The van der Waals surface area contributed by atoms with E-state index in [9.17, 15) is 14.4 Å². The number of benzene rings is 1. The number of ketones is 1. The summed E-state index contributed by atoms with van der Waals surface area (Å²) in [6.45, 7) is 1.000. The summed E-state index contributed by atoms with van der Waals surface area (Å²) in [5, 5.41) is 6.63. The molecule has 1 heterocycles. The predicted octanol–water partition coefficient (Wildman–Crippen LogP) is 0.669. The van der Waals surface area contributed by atoms with Gasteiger partial charge < -0.3 is 4.74 Å². The van der Waals surface area contributed by atoms with Gasteiger partial charge in [-0.25, -0.2) is 9.89 Å². The molecule has 2 rings (SSSR count). The molecule has 0 aliphatic rings. The zero-order chi connectivity index (χ0) is 13.1. The number of rotatable bonds is 3. The Hall–Kier alpha value is -2.50. The second-order valence-electron chi connectivity index (χ2n) is 3.73. The number of nitrogens with zero attached hydrogens (tertiary/aromatic N) is 1. The number of aromatic amines is 1. The van der Waals surface area contributed by atoms with Crippen LogP contribution in [0, 0.1) is 0 Å². The highest BCUT2D eigenvalue weighted by atomic mass is 16.5. The van der Waals surface area contributed by atoms with Crippen molar-refractivity contribution in [3.63, 3.8) is 0 Å². The molecule has 0 aliphatic heterocycles. The van der Waals surface area contributed by atoms with Crippen molar-refractivity contribution in [3.05, 3.63) is 40.3 Å². The van der Waals surface area contributed by atoms with E-state index in [-0.39, 0.29) is 23.6 Å². The van der Waals surface area contributed by atoms with Crippen LogP contribution in [0.15, 0.2) is 29.1 Å². The lowest BCUT2D eigenvalue weighted by atomic mass is 10.1. The van der Waals surface area contributed by atoms with Crippen LogP contribution in [0.2, 0.25) is 0 Å². The van der Waals surface area contributed by atoms with Gasteiger partial charge in [0.2, 0.25) is 0 Å². The number of nitrogens with one attached hydrogen (secondary N) is 1. The molecule has 1 N–H and O–H groups in total. The zero-order valence-corrected chi connectivity index (χ0v) is 9.60. The molecule has 0 bridgehead atoms. The third-order valence-corrected chi connectivity index (χ3v) is 2.30. The highest BCUT2D eigenvalue weighted by molar-refractivity contribution is 6.02. The molecular formula is C12H10N2O4. The molecule has 0 unspecified atom stereocenters. The van der Waals surface area contributed by atoms with E-state index in [2.05, 4.69) is 10.2 Å². The second-order valence-corrected chi connectivity index (χ2v) is 3.73. The topological polar surface area (TPSA) is 89.1 Å². The Balaban J connectivity index is 2.45. The smallest absolute Gasteiger partial charge is 0.359 e. The maximum absolute atomic E-state index is 11.7. The molecule has 0 radical (unpaired) electrons. The summed E-state index contributed by atoms with van der Waals surface area (Å²) in [4.78, 5) is 34.0. The van der Waals surface area contributed by atoms with E-state index in [1.807, 2.05) is 0 Å². The number of carbonyl (C=O) groups is 2. The van der Waals surface area contributed by atoms with E-state index in [4.69, 9.17) is 4.74 Å². The summed E-state index contributed by atoms with van der Waals surface area (Å²) in [6.07, 6.45) is 0. The lowest BCUT2D eigenvalue weighted by Crippen LogP contribution is -2.17. The van der Waals surface area contributed by atoms with Gasteiger partial charge >= 0.3 is 5.97 Å². The standard InChI is InChI=1S/C12H10N2O4/c1-7(15)6-18-12(17)10-8-4-2-3-5-9(8)11(16)14-13-10/h2-5H,6H2,1H3,(H,14,16). The van der Waals surface area contributed by atoms with Crippen LogP contribution in [0.1, 0.15) is 17.4 Å². The Kier molecular flexibility index (Phi) is 3.18. The van der Waals surface area contributed by atoms with Gasteiger partial charge in [-0.15, -0.1) is 0 Å². The molecule has 6 heteroatoms. The Morgan fingerprint density at radius 2 is 1.94 bits per heavy atom. The Labute approximate surface area is 102 Å². The van der Waals surface area contributed by atoms with Crippen LogP contribution in [0.5, 0.6) is 0 Å². The normalized spacial score (nSPS) is 10.3. The number of fused-ring (bicyclic) bond motifs is 1. The average molecular weight is 246 g/mol. The summed E-state index contributed by atoms with van der Waals surface area (Å²) in [5.41, 5.74) is -0.389. The number of Topliss-reactive ketones (excluding diaryl/α,β-unsaturated/α-hetero) is 1. The van der Waals surface area contributed by atoms with E-state index < -0.39 is 5.97 Å². The van der Waals surface area contributed by atoms with Gasteiger partial charge in [-0.1, -0.05) is 18.2 Å². The van der Waals surface area contributed by atoms with Crippen LogP contribution in [-0.2, 0) is 9.53 Å². The van der Waals surface area contributed by atoms with Gasteiger partial charge in [-0.05, 0) is 13.0 Å². The SMILES string of the molecule is CC(=O)COC(=O)c1n[nH]c(=O)c2ccccc12. The fourth-order valence-corrected chi connectivity index (χ4v) is 1.51. The molecule has 0 atom stereocenters. The van der Waals surface area contributed by atoms with Crippen molar-refractivity contribution in [2.45, 2.75) is 6.92 Å². The molecular weight excluding hydrogens is 236 g/mol. The molecule has 0 spiro atoms. The van der Waals surface area contributed by atoms with Crippen molar-refractivity contribution in [2.75, 3.05) is 6.61 Å². The van der Waals surface area contributed by atoms with Gasteiger partial charge in [0, 0.05) is 5.39 Å². The van der Waals surface area contributed by atoms with Crippen LogP contribution in [0.3, 0.4) is 0 Å². The van der Waals surface area contributed by atoms with E-state index >= 15 is 0 Å². The van der Waals surface area contributed by atoms with Crippen LogP contribution < -0.4 is 5.56 Å². The molecule has 1 aromatic carbocycles. The van der Waals surface area contributed by atoms with E-state index in [0.717, 1.165) is 0 Å². The van der Waals surface area contributed by atoms with Gasteiger partial charge in [0.25, 0.3) is 5.56 Å². The van der Waals surface area contributed by atoms with Crippen LogP contribution in [-0.4, -0.2) is 28.6 Å². The van der Waals surface area contributed by atoms with E-state index in [0.29, 0.717) is 10.8 Å². The van der Waals surface area contributed by atoms with E-state index in [1.54, 1.807) is 24.3 Å². The quantitative estimate of drug-likeness (QED) is 0.804. The number of carbonyl (C=O) groups excluding carboxylic acids is 2. The minimum atomic E-state index is -0.738. The number of H-pyrrole nitrogens is 1.